The third-order valence-electron chi connectivity index (χ3n) is 5.39. The Morgan fingerprint density at radius 2 is 2.07 bits per heavy atom. The fourth-order valence-electron chi connectivity index (χ4n) is 3.85. The summed E-state index contributed by atoms with van der Waals surface area (Å²) in [6, 6.07) is 2.42. The summed E-state index contributed by atoms with van der Waals surface area (Å²) in [6.07, 6.45) is 3.57. The zero-order valence-corrected chi connectivity index (χ0v) is 17.9. The van der Waals surface area contributed by atoms with Crippen LogP contribution in [0.25, 0.3) is 0 Å². The molecular formula is C21H29N3O3S. The van der Waals surface area contributed by atoms with Gasteiger partial charge in [-0.05, 0) is 52.2 Å². The quantitative estimate of drug-likeness (QED) is 0.594. The summed E-state index contributed by atoms with van der Waals surface area (Å²) in [5.41, 5.74) is 4.06. The number of ether oxygens (including phenoxy) is 1. The van der Waals surface area contributed by atoms with Crippen LogP contribution in [-0.2, 0) is 11.3 Å². The Balaban J connectivity index is 1.73. The molecule has 3 rings (SSSR count). The van der Waals surface area contributed by atoms with Crippen LogP contribution in [0.2, 0.25) is 0 Å². The normalized spacial score (nSPS) is 14.9. The molecule has 0 saturated carbocycles. The van der Waals surface area contributed by atoms with E-state index in [4.69, 9.17) is 4.74 Å². The second kappa shape index (κ2) is 8.92. The molecule has 0 aromatic carbocycles. The van der Waals surface area contributed by atoms with Crippen molar-refractivity contribution in [2.75, 3.05) is 24.7 Å². The first-order valence-corrected chi connectivity index (χ1v) is 10.7. The van der Waals surface area contributed by atoms with Crippen molar-refractivity contribution in [2.24, 2.45) is 0 Å². The number of nitrogens with zero attached hydrogens (tertiary/aromatic N) is 2. The highest BCUT2D eigenvalue weighted by Gasteiger charge is 2.25. The Hall–Kier alpha value is -2.12. The van der Waals surface area contributed by atoms with E-state index in [9.17, 15) is 10.0 Å². The standard InChI is InChI=1S/C21H29N3O3S/c1-5-23(17-6-8-27-9-7-17)21-16(4)18(13-28-21)20(25)22-11-19-15(3)10-14(2)12-24(19)26/h10,12-13,17H,5-9,11H2,1-4H3,(H,22,25). The molecule has 0 spiro atoms. The van der Waals surface area contributed by atoms with Crippen molar-refractivity contribution in [3.8, 4) is 0 Å². The maximum absolute atomic E-state index is 12.8. The van der Waals surface area contributed by atoms with E-state index < -0.39 is 0 Å². The number of amides is 1. The minimum absolute atomic E-state index is 0.136. The lowest BCUT2D eigenvalue weighted by Gasteiger charge is -2.34. The molecule has 1 aliphatic heterocycles. The van der Waals surface area contributed by atoms with E-state index in [0.717, 1.165) is 59.0 Å². The number of rotatable bonds is 6. The smallest absolute Gasteiger partial charge is 0.252 e. The van der Waals surface area contributed by atoms with E-state index in [1.54, 1.807) is 11.3 Å². The minimum Gasteiger partial charge on any atom is -0.618 e. The SMILES string of the molecule is CCN(c1scc(C(=O)NCc2c(C)cc(C)c[n+]2[O-])c1C)C1CCOCC1. The first-order chi connectivity index (χ1) is 13.4. The van der Waals surface area contributed by atoms with Crippen LogP contribution in [0.4, 0.5) is 5.00 Å². The molecule has 1 fully saturated rings. The van der Waals surface area contributed by atoms with Gasteiger partial charge in [-0.1, -0.05) is 0 Å². The first kappa shape index (κ1) is 20.6. The van der Waals surface area contributed by atoms with Crippen LogP contribution in [0, 0.1) is 26.0 Å². The summed E-state index contributed by atoms with van der Waals surface area (Å²) in [7, 11) is 0. The van der Waals surface area contributed by atoms with Crippen molar-refractivity contribution < 1.29 is 14.3 Å². The van der Waals surface area contributed by atoms with Crippen LogP contribution >= 0.6 is 11.3 Å². The lowest BCUT2D eigenvalue weighted by Crippen LogP contribution is -2.39. The molecule has 0 atom stereocenters. The van der Waals surface area contributed by atoms with Gasteiger partial charge in [-0.15, -0.1) is 11.3 Å². The molecule has 0 radical (unpaired) electrons. The minimum atomic E-state index is -0.136. The van der Waals surface area contributed by atoms with E-state index in [-0.39, 0.29) is 12.5 Å². The van der Waals surface area contributed by atoms with Crippen LogP contribution in [-0.4, -0.2) is 31.7 Å². The molecule has 2 aromatic rings. The topological polar surface area (TPSA) is 68.5 Å². The van der Waals surface area contributed by atoms with Crippen molar-refractivity contribution in [3.63, 3.8) is 0 Å². The average molecular weight is 404 g/mol. The number of carbonyl (C=O) groups is 1. The van der Waals surface area contributed by atoms with Gasteiger partial charge < -0.3 is 20.2 Å². The van der Waals surface area contributed by atoms with Gasteiger partial charge in [0.1, 0.15) is 6.54 Å². The van der Waals surface area contributed by atoms with Crippen molar-refractivity contribution in [2.45, 2.75) is 53.1 Å². The second-order valence-corrected chi connectivity index (χ2v) is 8.22. The monoisotopic (exact) mass is 403 g/mol. The largest absolute Gasteiger partial charge is 0.618 e. The lowest BCUT2D eigenvalue weighted by molar-refractivity contribution is -0.615. The van der Waals surface area contributed by atoms with Crippen LogP contribution < -0.4 is 14.9 Å². The fraction of sp³-hybridized carbons (Fsp3) is 0.524. The number of hydrogen-bond donors (Lipinski definition) is 1. The van der Waals surface area contributed by atoms with E-state index >= 15 is 0 Å². The van der Waals surface area contributed by atoms with Gasteiger partial charge in [-0.25, -0.2) is 0 Å². The van der Waals surface area contributed by atoms with Gasteiger partial charge in [0.25, 0.3) is 5.91 Å². The third kappa shape index (κ3) is 4.31. The third-order valence-corrected chi connectivity index (χ3v) is 6.51. The summed E-state index contributed by atoms with van der Waals surface area (Å²) in [5.74, 6) is -0.136. The van der Waals surface area contributed by atoms with Crippen LogP contribution in [0.3, 0.4) is 0 Å². The van der Waals surface area contributed by atoms with Crippen molar-refractivity contribution in [1.82, 2.24) is 5.32 Å². The number of pyridine rings is 1. The van der Waals surface area contributed by atoms with E-state index in [1.165, 1.54) is 6.20 Å². The number of hydrogen-bond acceptors (Lipinski definition) is 5. The Morgan fingerprint density at radius 3 is 2.71 bits per heavy atom. The number of nitrogens with one attached hydrogen (secondary N) is 1. The predicted octanol–water partition coefficient (Wildman–Crippen LogP) is 3.24. The summed E-state index contributed by atoms with van der Waals surface area (Å²) >= 11 is 1.62. The number of anilines is 1. The summed E-state index contributed by atoms with van der Waals surface area (Å²) < 4.78 is 6.34. The summed E-state index contributed by atoms with van der Waals surface area (Å²) in [5, 5.41) is 18.1. The fourth-order valence-corrected chi connectivity index (χ4v) is 5.07. The van der Waals surface area contributed by atoms with Crippen LogP contribution in [0.1, 0.15) is 52.5 Å². The number of aryl methyl sites for hydroxylation is 2. The molecule has 28 heavy (non-hydrogen) atoms. The first-order valence-electron chi connectivity index (χ1n) is 9.82. The highest BCUT2D eigenvalue weighted by molar-refractivity contribution is 7.14. The summed E-state index contributed by atoms with van der Waals surface area (Å²) in [4.78, 5) is 15.2. The van der Waals surface area contributed by atoms with Gasteiger partial charge in [0.2, 0.25) is 5.69 Å². The van der Waals surface area contributed by atoms with Gasteiger partial charge in [-0.2, -0.15) is 4.73 Å². The average Bonchev–Trinajstić information content (AvgIpc) is 3.04. The molecule has 6 nitrogen and oxygen atoms in total. The molecule has 0 bridgehead atoms. The van der Waals surface area contributed by atoms with E-state index in [2.05, 4.69) is 17.1 Å². The van der Waals surface area contributed by atoms with Crippen molar-refractivity contribution in [1.29, 1.82) is 0 Å². The molecule has 0 unspecified atom stereocenters. The second-order valence-electron chi connectivity index (χ2n) is 7.36. The van der Waals surface area contributed by atoms with Gasteiger partial charge in [0, 0.05) is 42.3 Å². The van der Waals surface area contributed by atoms with Gasteiger partial charge >= 0.3 is 0 Å². The molecule has 3 heterocycles. The maximum Gasteiger partial charge on any atom is 0.252 e. The molecule has 2 aromatic heterocycles. The van der Waals surface area contributed by atoms with Gasteiger partial charge in [-0.3, -0.25) is 4.79 Å². The van der Waals surface area contributed by atoms with Crippen LogP contribution in [0.15, 0.2) is 17.6 Å². The van der Waals surface area contributed by atoms with Gasteiger partial charge in [0.05, 0.1) is 10.6 Å². The summed E-state index contributed by atoms with van der Waals surface area (Å²) in [6.45, 7) is 10.7. The zero-order valence-electron chi connectivity index (χ0n) is 17.1. The predicted molar refractivity (Wildman–Crippen MR) is 112 cm³/mol. The van der Waals surface area contributed by atoms with E-state index in [0.29, 0.717) is 17.3 Å². The molecule has 1 N–H and O–H groups in total. The number of aromatic nitrogens is 1. The number of carbonyl (C=O) groups excluding carboxylic acids is 1. The van der Waals surface area contributed by atoms with Crippen LogP contribution in [0.5, 0.6) is 0 Å². The Kier molecular flexibility index (Phi) is 6.57. The molecular weight excluding hydrogens is 374 g/mol. The van der Waals surface area contributed by atoms with E-state index in [1.807, 2.05) is 32.2 Å². The molecule has 1 saturated heterocycles. The molecule has 1 amide bonds. The number of thiophene rings is 1. The molecule has 152 valence electrons. The Labute approximate surface area is 170 Å². The highest BCUT2D eigenvalue weighted by atomic mass is 32.1. The lowest BCUT2D eigenvalue weighted by atomic mass is 10.1. The van der Waals surface area contributed by atoms with Crippen molar-refractivity contribution in [3.05, 3.63) is 50.8 Å². The van der Waals surface area contributed by atoms with Crippen molar-refractivity contribution >= 4 is 22.2 Å². The molecule has 7 heteroatoms. The Bertz CT molecular complexity index is 820. The Morgan fingerprint density at radius 1 is 1.36 bits per heavy atom. The van der Waals surface area contributed by atoms with Gasteiger partial charge in [0.15, 0.2) is 6.20 Å². The highest BCUT2D eigenvalue weighted by Crippen LogP contribution is 2.34. The zero-order chi connectivity index (χ0) is 20.3. The molecule has 1 aliphatic rings. The maximum atomic E-state index is 12.8. The molecule has 0 aliphatic carbocycles.